The van der Waals surface area contributed by atoms with Gasteiger partial charge in [0.2, 0.25) is 0 Å². The molecule has 35 heavy (non-hydrogen) atoms. The Kier molecular flexibility index (Phi) is 7.93. The quantitative estimate of drug-likeness (QED) is 0.637. The number of carbonyl (C=O) groups excluding carboxylic acids is 2. The predicted molar refractivity (Wildman–Crippen MR) is 127 cm³/mol. The SMILES string of the molecule is O=C(NCCC1CCCCC1)c1ccc(N2CCN(C(=O)c3ccccc3C(F)(F)F)CC2)cn1. The van der Waals surface area contributed by atoms with E-state index in [1.54, 1.807) is 12.3 Å². The van der Waals surface area contributed by atoms with Crippen LogP contribution in [0.1, 0.15) is 64.9 Å². The van der Waals surface area contributed by atoms with Crippen LogP contribution >= 0.6 is 0 Å². The average Bonchev–Trinajstić information content (AvgIpc) is 2.88. The predicted octanol–water partition coefficient (Wildman–Crippen LogP) is 4.76. The summed E-state index contributed by atoms with van der Waals surface area (Å²) in [4.78, 5) is 32.9. The molecule has 1 aliphatic heterocycles. The molecular weight excluding hydrogens is 457 g/mol. The Balaban J connectivity index is 1.28. The van der Waals surface area contributed by atoms with E-state index in [2.05, 4.69) is 10.3 Å². The maximum absolute atomic E-state index is 13.3. The number of nitrogens with one attached hydrogen (secondary N) is 1. The molecule has 0 atom stereocenters. The highest BCUT2D eigenvalue weighted by atomic mass is 19.4. The van der Waals surface area contributed by atoms with E-state index in [0.29, 0.717) is 44.3 Å². The molecule has 0 bridgehead atoms. The molecule has 0 radical (unpaired) electrons. The minimum Gasteiger partial charge on any atom is -0.367 e. The van der Waals surface area contributed by atoms with Gasteiger partial charge in [-0.25, -0.2) is 4.98 Å². The smallest absolute Gasteiger partial charge is 0.367 e. The first-order valence-corrected chi connectivity index (χ1v) is 12.3. The Hall–Kier alpha value is -3.10. The summed E-state index contributed by atoms with van der Waals surface area (Å²) in [6.45, 7) is 2.19. The first kappa shape index (κ1) is 25.0. The zero-order valence-electron chi connectivity index (χ0n) is 19.7. The van der Waals surface area contributed by atoms with Gasteiger partial charge in [0, 0.05) is 32.7 Å². The van der Waals surface area contributed by atoms with Gasteiger partial charge in [-0.2, -0.15) is 13.2 Å². The van der Waals surface area contributed by atoms with Gasteiger partial charge in [0.05, 0.1) is 23.0 Å². The summed E-state index contributed by atoms with van der Waals surface area (Å²) in [5.41, 5.74) is -0.0697. The van der Waals surface area contributed by atoms with Crippen LogP contribution in [0.25, 0.3) is 0 Å². The number of rotatable bonds is 6. The van der Waals surface area contributed by atoms with Gasteiger partial charge >= 0.3 is 6.18 Å². The van der Waals surface area contributed by atoms with Crippen molar-refractivity contribution in [2.45, 2.75) is 44.7 Å². The number of carbonyl (C=O) groups is 2. The van der Waals surface area contributed by atoms with Gasteiger partial charge in [0.25, 0.3) is 11.8 Å². The molecule has 1 saturated carbocycles. The average molecular weight is 489 g/mol. The molecule has 2 aromatic rings. The van der Waals surface area contributed by atoms with Crippen LogP contribution in [0.3, 0.4) is 0 Å². The van der Waals surface area contributed by atoms with E-state index < -0.39 is 17.6 Å². The monoisotopic (exact) mass is 488 g/mol. The van der Waals surface area contributed by atoms with Crippen molar-refractivity contribution in [2.24, 2.45) is 5.92 Å². The standard InChI is InChI=1S/C26H31F3N4O2/c27-26(28,29)22-9-5-4-8-21(22)25(35)33-16-14-32(15-17-33)20-10-11-23(31-18-20)24(34)30-13-12-19-6-2-1-3-7-19/h4-5,8-11,18-19H,1-3,6-7,12-17H2,(H,30,34). The molecule has 2 aliphatic rings. The summed E-state index contributed by atoms with van der Waals surface area (Å²) in [6.07, 6.45) is 4.43. The molecule has 1 saturated heterocycles. The molecule has 6 nitrogen and oxygen atoms in total. The lowest BCUT2D eigenvalue weighted by atomic mass is 9.87. The minimum absolute atomic E-state index is 0.189. The van der Waals surface area contributed by atoms with Crippen LogP contribution in [0.15, 0.2) is 42.6 Å². The summed E-state index contributed by atoms with van der Waals surface area (Å²) < 4.78 is 39.9. The summed E-state index contributed by atoms with van der Waals surface area (Å²) >= 11 is 0. The highest BCUT2D eigenvalue weighted by molar-refractivity contribution is 5.96. The van der Waals surface area contributed by atoms with Gasteiger partial charge in [-0.15, -0.1) is 0 Å². The van der Waals surface area contributed by atoms with Crippen molar-refractivity contribution in [3.8, 4) is 0 Å². The number of aromatic nitrogens is 1. The fourth-order valence-corrected chi connectivity index (χ4v) is 4.92. The number of nitrogens with zero attached hydrogens (tertiary/aromatic N) is 3. The van der Waals surface area contributed by atoms with Gasteiger partial charge in [0.1, 0.15) is 5.69 Å². The fraction of sp³-hybridized carbons (Fsp3) is 0.500. The third-order valence-electron chi connectivity index (χ3n) is 6.94. The third kappa shape index (κ3) is 6.32. The third-order valence-corrected chi connectivity index (χ3v) is 6.94. The van der Waals surface area contributed by atoms with E-state index in [0.717, 1.165) is 18.2 Å². The molecule has 0 spiro atoms. The number of hydrogen-bond acceptors (Lipinski definition) is 4. The molecule has 2 heterocycles. The zero-order valence-corrected chi connectivity index (χ0v) is 19.7. The molecule has 2 amide bonds. The molecule has 188 valence electrons. The summed E-state index contributed by atoms with van der Waals surface area (Å²) in [6, 6.07) is 8.38. The van der Waals surface area contributed by atoms with Gasteiger partial charge < -0.3 is 15.1 Å². The molecular formula is C26H31F3N4O2. The Morgan fingerprint density at radius 1 is 0.971 bits per heavy atom. The highest BCUT2D eigenvalue weighted by Gasteiger charge is 2.36. The second-order valence-electron chi connectivity index (χ2n) is 9.27. The number of alkyl halides is 3. The van der Waals surface area contributed by atoms with Gasteiger partial charge in [-0.05, 0) is 36.6 Å². The topological polar surface area (TPSA) is 65.5 Å². The Labute approximate surface area is 203 Å². The lowest BCUT2D eigenvalue weighted by molar-refractivity contribution is -0.138. The van der Waals surface area contributed by atoms with Crippen molar-refractivity contribution in [3.63, 3.8) is 0 Å². The second-order valence-corrected chi connectivity index (χ2v) is 9.27. The molecule has 1 aliphatic carbocycles. The number of amides is 2. The molecule has 9 heteroatoms. The Bertz CT molecular complexity index is 1010. The van der Waals surface area contributed by atoms with Crippen LogP contribution in [0.4, 0.5) is 18.9 Å². The fourth-order valence-electron chi connectivity index (χ4n) is 4.92. The number of halogens is 3. The van der Waals surface area contributed by atoms with E-state index in [4.69, 9.17) is 0 Å². The van der Waals surface area contributed by atoms with Crippen molar-refractivity contribution in [3.05, 3.63) is 59.4 Å². The van der Waals surface area contributed by atoms with E-state index >= 15 is 0 Å². The van der Waals surface area contributed by atoms with Crippen molar-refractivity contribution in [1.29, 1.82) is 0 Å². The molecule has 1 aromatic carbocycles. The molecule has 2 fully saturated rings. The lowest BCUT2D eigenvalue weighted by Gasteiger charge is -2.36. The number of piperazine rings is 1. The Morgan fingerprint density at radius 2 is 1.69 bits per heavy atom. The maximum atomic E-state index is 13.3. The first-order chi connectivity index (χ1) is 16.8. The number of hydrogen-bond donors (Lipinski definition) is 1. The first-order valence-electron chi connectivity index (χ1n) is 12.3. The van der Waals surface area contributed by atoms with E-state index in [-0.39, 0.29) is 11.5 Å². The van der Waals surface area contributed by atoms with E-state index in [1.807, 2.05) is 11.0 Å². The van der Waals surface area contributed by atoms with Crippen molar-refractivity contribution < 1.29 is 22.8 Å². The summed E-state index contributed by atoms with van der Waals surface area (Å²) in [7, 11) is 0. The summed E-state index contributed by atoms with van der Waals surface area (Å²) in [5.74, 6) is -0.103. The molecule has 1 N–H and O–H groups in total. The van der Waals surface area contributed by atoms with Crippen LogP contribution in [-0.4, -0.2) is 54.4 Å². The van der Waals surface area contributed by atoms with Gasteiger partial charge in [-0.3, -0.25) is 9.59 Å². The molecule has 1 aromatic heterocycles. The Morgan fingerprint density at radius 3 is 2.34 bits per heavy atom. The van der Waals surface area contributed by atoms with Crippen molar-refractivity contribution >= 4 is 17.5 Å². The second kappa shape index (κ2) is 11.1. The normalized spacial score (nSPS) is 17.3. The molecule has 0 unspecified atom stereocenters. The number of anilines is 1. The van der Waals surface area contributed by atoms with Gasteiger partial charge in [-0.1, -0.05) is 44.2 Å². The maximum Gasteiger partial charge on any atom is 0.417 e. The van der Waals surface area contributed by atoms with Gasteiger partial charge in [0.15, 0.2) is 0 Å². The number of pyridine rings is 1. The van der Waals surface area contributed by atoms with Crippen LogP contribution in [0.2, 0.25) is 0 Å². The molecule has 4 rings (SSSR count). The highest BCUT2D eigenvalue weighted by Crippen LogP contribution is 2.32. The van der Waals surface area contributed by atoms with Crippen LogP contribution in [-0.2, 0) is 6.18 Å². The van der Waals surface area contributed by atoms with Crippen molar-refractivity contribution in [1.82, 2.24) is 15.2 Å². The lowest BCUT2D eigenvalue weighted by Crippen LogP contribution is -2.49. The van der Waals surface area contributed by atoms with E-state index in [1.165, 1.54) is 55.2 Å². The van der Waals surface area contributed by atoms with Crippen LogP contribution < -0.4 is 10.2 Å². The summed E-state index contributed by atoms with van der Waals surface area (Å²) in [5, 5.41) is 2.95. The zero-order chi connectivity index (χ0) is 24.8. The number of benzene rings is 1. The van der Waals surface area contributed by atoms with E-state index in [9.17, 15) is 22.8 Å². The largest absolute Gasteiger partial charge is 0.417 e. The minimum atomic E-state index is -4.58. The van der Waals surface area contributed by atoms with Crippen LogP contribution in [0.5, 0.6) is 0 Å². The van der Waals surface area contributed by atoms with Crippen LogP contribution in [0, 0.1) is 5.92 Å². The van der Waals surface area contributed by atoms with Crippen molar-refractivity contribution in [2.75, 3.05) is 37.6 Å².